The maximum atomic E-state index is 10.5. The molecular weight excluding hydrogens is 176 g/mol. The highest BCUT2D eigenvalue weighted by Gasteiger charge is 2.02. The standard InChI is InChI=1S/C5H9ClO3S/c1-2-9-5(7)3-4-10(6)8/h2-4H2,1H3. The van der Waals surface area contributed by atoms with E-state index in [0.717, 1.165) is 0 Å². The number of rotatable bonds is 4. The molecule has 1 unspecified atom stereocenters. The van der Waals surface area contributed by atoms with Crippen LogP contribution in [0.4, 0.5) is 0 Å². The van der Waals surface area contributed by atoms with Crippen LogP contribution in [0.3, 0.4) is 0 Å². The van der Waals surface area contributed by atoms with E-state index in [0.29, 0.717) is 6.61 Å². The molecule has 0 bridgehead atoms. The molecule has 0 heterocycles. The van der Waals surface area contributed by atoms with Gasteiger partial charge in [0.1, 0.15) is 10.0 Å². The molecule has 0 radical (unpaired) electrons. The van der Waals surface area contributed by atoms with Gasteiger partial charge >= 0.3 is 5.97 Å². The summed E-state index contributed by atoms with van der Waals surface area (Å²) in [5.41, 5.74) is 0. The first kappa shape index (κ1) is 9.91. The van der Waals surface area contributed by atoms with E-state index in [4.69, 9.17) is 10.7 Å². The third kappa shape index (κ3) is 6.04. The summed E-state index contributed by atoms with van der Waals surface area (Å²) in [5.74, 6) is -0.183. The molecule has 3 nitrogen and oxygen atoms in total. The summed E-state index contributed by atoms with van der Waals surface area (Å²) in [5, 5.41) is 0. The zero-order chi connectivity index (χ0) is 7.98. The predicted octanol–water partition coefficient (Wildman–Crippen LogP) is 0.842. The molecule has 10 heavy (non-hydrogen) atoms. The second-order valence-electron chi connectivity index (χ2n) is 1.55. The lowest BCUT2D eigenvalue weighted by Crippen LogP contribution is -2.06. The lowest BCUT2D eigenvalue weighted by Gasteiger charge is -1.97. The molecule has 0 amide bonds. The molecule has 5 heteroatoms. The van der Waals surface area contributed by atoms with E-state index in [1.54, 1.807) is 6.92 Å². The van der Waals surface area contributed by atoms with Crippen molar-refractivity contribution in [3.8, 4) is 0 Å². The molecule has 0 saturated carbocycles. The van der Waals surface area contributed by atoms with Crippen LogP contribution in [0.1, 0.15) is 13.3 Å². The minimum Gasteiger partial charge on any atom is -0.466 e. The van der Waals surface area contributed by atoms with Crippen molar-refractivity contribution in [3.05, 3.63) is 0 Å². The average molecular weight is 185 g/mol. The topological polar surface area (TPSA) is 43.4 Å². The fourth-order valence-corrected chi connectivity index (χ4v) is 0.955. The fraction of sp³-hybridized carbons (Fsp3) is 0.800. The van der Waals surface area contributed by atoms with Crippen LogP contribution in [0.15, 0.2) is 0 Å². The number of carbonyl (C=O) groups excluding carboxylic acids is 1. The summed E-state index contributed by atoms with van der Waals surface area (Å²) in [6.07, 6.45) is 0.129. The van der Waals surface area contributed by atoms with E-state index in [1.165, 1.54) is 0 Å². The largest absolute Gasteiger partial charge is 0.466 e. The number of hydrogen-bond donors (Lipinski definition) is 0. The van der Waals surface area contributed by atoms with E-state index >= 15 is 0 Å². The molecule has 0 aromatic rings. The van der Waals surface area contributed by atoms with Crippen molar-refractivity contribution in [2.45, 2.75) is 13.3 Å². The maximum absolute atomic E-state index is 10.5. The highest BCUT2D eigenvalue weighted by molar-refractivity contribution is 8.08. The average Bonchev–Trinajstić information content (AvgIpc) is 1.85. The Bertz CT molecular complexity index is 137. The molecule has 0 rings (SSSR count). The van der Waals surface area contributed by atoms with E-state index in [1.807, 2.05) is 0 Å². The van der Waals surface area contributed by atoms with Crippen LogP contribution < -0.4 is 0 Å². The Morgan fingerprint density at radius 2 is 2.30 bits per heavy atom. The van der Waals surface area contributed by atoms with E-state index < -0.39 is 10.0 Å². The zero-order valence-corrected chi connectivity index (χ0v) is 7.20. The van der Waals surface area contributed by atoms with Gasteiger partial charge in [0.15, 0.2) is 0 Å². The van der Waals surface area contributed by atoms with Gasteiger partial charge in [0, 0.05) is 5.75 Å². The Hall–Kier alpha value is -0.0900. The van der Waals surface area contributed by atoms with Crippen LogP contribution in [0.5, 0.6) is 0 Å². The Labute approximate surface area is 66.7 Å². The third-order valence-electron chi connectivity index (χ3n) is 0.772. The second kappa shape index (κ2) is 5.68. The Morgan fingerprint density at radius 3 is 2.70 bits per heavy atom. The van der Waals surface area contributed by atoms with Crippen LogP contribution in [0, 0.1) is 0 Å². The van der Waals surface area contributed by atoms with Gasteiger partial charge in [-0.1, -0.05) is 0 Å². The molecule has 0 aliphatic carbocycles. The highest BCUT2D eigenvalue weighted by Crippen LogP contribution is 1.93. The van der Waals surface area contributed by atoms with Crippen LogP contribution in [-0.2, 0) is 19.5 Å². The van der Waals surface area contributed by atoms with Crippen molar-refractivity contribution in [3.63, 3.8) is 0 Å². The molecule has 0 spiro atoms. The summed E-state index contributed by atoms with van der Waals surface area (Å²) in [6.45, 7) is 2.07. The number of esters is 1. The zero-order valence-electron chi connectivity index (χ0n) is 5.63. The molecule has 0 fully saturated rings. The minimum atomic E-state index is -1.42. The van der Waals surface area contributed by atoms with E-state index in [-0.39, 0.29) is 18.1 Å². The van der Waals surface area contributed by atoms with Gasteiger partial charge in [-0.3, -0.25) is 4.79 Å². The van der Waals surface area contributed by atoms with Gasteiger partial charge in [-0.05, 0) is 17.6 Å². The molecule has 1 atom stereocenters. The van der Waals surface area contributed by atoms with Crippen LogP contribution in [-0.4, -0.2) is 22.5 Å². The lowest BCUT2D eigenvalue weighted by molar-refractivity contribution is -0.142. The molecule has 0 aliphatic rings. The monoisotopic (exact) mass is 184 g/mol. The molecule has 0 aromatic carbocycles. The third-order valence-corrected chi connectivity index (χ3v) is 1.76. The van der Waals surface area contributed by atoms with Crippen molar-refractivity contribution in [2.75, 3.05) is 12.4 Å². The van der Waals surface area contributed by atoms with Crippen molar-refractivity contribution in [2.24, 2.45) is 0 Å². The molecule has 0 N–H and O–H groups in total. The van der Waals surface area contributed by atoms with Gasteiger partial charge in [0.05, 0.1) is 13.0 Å². The van der Waals surface area contributed by atoms with E-state index in [2.05, 4.69) is 4.74 Å². The highest BCUT2D eigenvalue weighted by atomic mass is 35.7. The van der Waals surface area contributed by atoms with Gasteiger partial charge < -0.3 is 4.74 Å². The Morgan fingerprint density at radius 1 is 1.70 bits per heavy atom. The summed E-state index contributed by atoms with van der Waals surface area (Å²) < 4.78 is 14.8. The van der Waals surface area contributed by atoms with Crippen molar-refractivity contribution >= 4 is 26.7 Å². The van der Waals surface area contributed by atoms with Gasteiger partial charge in [-0.25, -0.2) is 4.21 Å². The van der Waals surface area contributed by atoms with Crippen LogP contribution >= 0.6 is 10.7 Å². The first-order valence-corrected chi connectivity index (χ1v) is 5.01. The molecular formula is C5H9ClO3S. The first-order chi connectivity index (χ1) is 4.66. The Balaban J connectivity index is 3.30. The lowest BCUT2D eigenvalue weighted by atomic mass is 10.5. The SMILES string of the molecule is CCOC(=O)CCS(=O)Cl. The molecule has 0 aromatic heterocycles. The first-order valence-electron chi connectivity index (χ1n) is 2.87. The van der Waals surface area contributed by atoms with E-state index in [9.17, 15) is 9.00 Å². The predicted molar refractivity (Wildman–Crippen MR) is 40.1 cm³/mol. The van der Waals surface area contributed by atoms with Gasteiger partial charge in [-0.2, -0.15) is 0 Å². The summed E-state index contributed by atoms with van der Waals surface area (Å²) in [7, 11) is 3.67. The number of hydrogen-bond acceptors (Lipinski definition) is 3. The maximum Gasteiger partial charge on any atom is 0.306 e. The number of carbonyl (C=O) groups is 1. The quantitative estimate of drug-likeness (QED) is 0.481. The molecule has 60 valence electrons. The summed E-state index contributed by atoms with van der Waals surface area (Å²) in [4.78, 5) is 10.5. The number of halogens is 1. The van der Waals surface area contributed by atoms with Crippen molar-refractivity contribution in [1.29, 1.82) is 0 Å². The normalized spacial score (nSPS) is 12.6. The minimum absolute atomic E-state index is 0.129. The Kier molecular flexibility index (Phi) is 5.63. The van der Waals surface area contributed by atoms with Gasteiger partial charge in [-0.15, -0.1) is 0 Å². The molecule has 0 saturated heterocycles. The summed E-state index contributed by atoms with van der Waals surface area (Å²) in [6, 6.07) is 0. The smallest absolute Gasteiger partial charge is 0.306 e. The van der Waals surface area contributed by atoms with Crippen molar-refractivity contribution < 1.29 is 13.7 Å². The summed E-state index contributed by atoms with van der Waals surface area (Å²) >= 11 is 0. The van der Waals surface area contributed by atoms with Crippen molar-refractivity contribution in [1.82, 2.24) is 0 Å². The number of ether oxygens (including phenoxy) is 1. The molecule has 0 aliphatic heterocycles. The van der Waals surface area contributed by atoms with Crippen LogP contribution in [0.2, 0.25) is 0 Å². The second-order valence-corrected chi connectivity index (χ2v) is 3.57. The fourth-order valence-electron chi connectivity index (χ4n) is 0.397. The van der Waals surface area contributed by atoms with Gasteiger partial charge in [0.25, 0.3) is 0 Å². The van der Waals surface area contributed by atoms with Gasteiger partial charge in [0.2, 0.25) is 0 Å². The van der Waals surface area contributed by atoms with Crippen LogP contribution in [0.25, 0.3) is 0 Å².